The molecule has 1 spiro atoms. The molecule has 3 aliphatic rings. The molecule has 0 unspecified atom stereocenters. The van der Waals surface area contributed by atoms with E-state index in [0.717, 1.165) is 0 Å². The van der Waals surface area contributed by atoms with Crippen LogP contribution in [-0.4, -0.2) is 97.5 Å². The van der Waals surface area contributed by atoms with Crippen LogP contribution in [0.15, 0.2) is 79.9 Å². The number of fused-ring (bicyclic) bond motifs is 1. The molecule has 0 aliphatic carbocycles. The quantitative estimate of drug-likeness (QED) is 0.159. The molecule has 286 valence electrons. The van der Waals surface area contributed by atoms with Gasteiger partial charge in [-0.1, -0.05) is 62.8 Å². The van der Waals surface area contributed by atoms with Gasteiger partial charge in [0.2, 0.25) is 11.8 Å². The molecule has 9 atom stereocenters. The molecule has 12 nitrogen and oxygen atoms in total. The number of carbonyl (C=O) groups excluding carboxylic acids is 4. The molecule has 2 bridgehead atoms. The average molecular weight is 732 g/mol. The number of aliphatic hydroxyl groups excluding tert-OH is 1. The van der Waals surface area contributed by atoms with Crippen LogP contribution in [0.3, 0.4) is 0 Å². The van der Waals surface area contributed by atoms with Crippen LogP contribution >= 0.6 is 0 Å². The van der Waals surface area contributed by atoms with Crippen molar-refractivity contribution < 1.29 is 43.2 Å². The van der Waals surface area contributed by atoms with Gasteiger partial charge in [0.1, 0.15) is 23.5 Å². The van der Waals surface area contributed by atoms with Crippen molar-refractivity contribution in [2.24, 2.45) is 17.8 Å². The highest BCUT2D eigenvalue weighted by Gasteiger charge is 2.76. The molecule has 2 N–H and O–H groups in total. The van der Waals surface area contributed by atoms with E-state index in [1.54, 1.807) is 60.6 Å². The number of methoxy groups -OCH3 is 2. The van der Waals surface area contributed by atoms with E-state index in [9.17, 15) is 24.3 Å². The Morgan fingerprint density at radius 1 is 1.11 bits per heavy atom. The van der Waals surface area contributed by atoms with Crippen LogP contribution in [0.5, 0.6) is 5.75 Å². The van der Waals surface area contributed by atoms with Crippen LogP contribution in [0.4, 0.5) is 5.69 Å². The van der Waals surface area contributed by atoms with Crippen molar-refractivity contribution in [1.29, 1.82) is 0 Å². The first-order valence-electron chi connectivity index (χ1n) is 18.4. The van der Waals surface area contributed by atoms with Gasteiger partial charge in [-0.25, -0.2) is 0 Å². The molecule has 3 amide bonds. The maximum absolute atomic E-state index is 15.0. The van der Waals surface area contributed by atoms with Gasteiger partial charge in [-0.05, 0) is 55.0 Å². The van der Waals surface area contributed by atoms with Crippen LogP contribution in [-0.2, 0) is 33.4 Å². The number of nitrogens with zero attached hydrogens (tertiary/aromatic N) is 2. The summed E-state index contributed by atoms with van der Waals surface area (Å²) in [5.41, 5.74) is -0.141. The number of benzene rings is 2. The van der Waals surface area contributed by atoms with Crippen LogP contribution in [0.2, 0.25) is 0 Å². The Balaban J connectivity index is 1.54. The summed E-state index contributed by atoms with van der Waals surface area (Å²) in [5, 5.41) is 13.7. The Kier molecular flexibility index (Phi) is 13.1. The van der Waals surface area contributed by atoms with Gasteiger partial charge in [0, 0.05) is 25.8 Å². The van der Waals surface area contributed by atoms with Gasteiger partial charge in [-0.15, -0.1) is 13.2 Å². The van der Waals surface area contributed by atoms with Gasteiger partial charge in [-0.2, -0.15) is 0 Å². The standard InChI is InChI=1S/C41H53N3O9/c1-7-10-16-33(46)42-30(25-50-5)36(27-14-12-11-13-15-27)52-40(49)34-32-21-22-41(53-32)35(34)38(47)44(31(24-45)26(4)9-3)37(41)39(48)43(23-8-2)28-17-19-29(51-6)20-18-28/h7-8,11-15,17-20,26,30-32,34-37,45H,1-2,9-10,16,21-25H2,3-6H3,(H,42,46)/t26-,30+,31-,32-,34+,35+,36+,37-,41+/m0/s1. The van der Waals surface area contributed by atoms with Gasteiger partial charge >= 0.3 is 5.97 Å². The Morgan fingerprint density at radius 2 is 1.83 bits per heavy atom. The second kappa shape index (κ2) is 17.5. The Labute approximate surface area is 312 Å². The predicted octanol–water partition coefficient (Wildman–Crippen LogP) is 4.38. The first-order valence-corrected chi connectivity index (χ1v) is 18.4. The van der Waals surface area contributed by atoms with E-state index in [2.05, 4.69) is 18.5 Å². The molecule has 5 rings (SSSR count). The molecule has 3 saturated heterocycles. The van der Waals surface area contributed by atoms with Crippen molar-refractivity contribution >= 4 is 29.4 Å². The lowest BCUT2D eigenvalue weighted by molar-refractivity contribution is -0.163. The maximum Gasteiger partial charge on any atom is 0.313 e. The minimum Gasteiger partial charge on any atom is -0.497 e. The van der Waals surface area contributed by atoms with Crippen molar-refractivity contribution in [3.05, 3.63) is 85.5 Å². The zero-order chi connectivity index (χ0) is 38.3. The minimum atomic E-state index is -1.34. The number of hydrogen-bond acceptors (Lipinski definition) is 9. The molecular formula is C41H53N3O9. The average Bonchev–Trinajstić information content (AvgIpc) is 3.82. The third-order valence-corrected chi connectivity index (χ3v) is 11.1. The fourth-order valence-corrected chi connectivity index (χ4v) is 8.30. The van der Waals surface area contributed by atoms with Crippen LogP contribution in [0.25, 0.3) is 0 Å². The van der Waals surface area contributed by atoms with E-state index in [-0.39, 0.29) is 38.0 Å². The number of allylic oxidation sites excluding steroid dienone is 1. The number of nitrogens with one attached hydrogen (secondary N) is 1. The Morgan fingerprint density at radius 3 is 2.43 bits per heavy atom. The Hall–Kier alpha value is -4.52. The second-order valence-electron chi connectivity index (χ2n) is 14.1. The zero-order valence-electron chi connectivity index (χ0n) is 31.1. The van der Waals surface area contributed by atoms with E-state index in [0.29, 0.717) is 42.7 Å². The van der Waals surface area contributed by atoms with Crippen molar-refractivity contribution in [2.75, 3.05) is 38.9 Å². The van der Waals surface area contributed by atoms with Gasteiger partial charge in [0.25, 0.3) is 5.91 Å². The molecule has 53 heavy (non-hydrogen) atoms. The topological polar surface area (TPSA) is 144 Å². The molecule has 2 aromatic rings. The summed E-state index contributed by atoms with van der Waals surface area (Å²) in [4.78, 5) is 60.4. The summed E-state index contributed by atoms with van der Waals surface area (Å²) < 4.78 is 23.9. The van der Waals surface area contributed by atoms with Gasteiger partial charge < -0.3 is 39.2 Å². The number of hydrogen-bond donors (Lipinski definition) is 2. The van der Waals surface area contributed by atoms with Gasteiger partial charge in [-0.3, -0.25) is 19.2 Å². The summed E-state index contributed by atoms with van der Waals surface area (Å²) in [6, 6.07) is 13.5. The van der Waals surface area contributed by atoms with Gasteiger partial charge in [0.05, 0.1) is 50.3 Å². The lowest BCUT2D eigenvalue weighted by Crippen LogP contribution is -2.60. The van der Waals surface area contributed by atoms with Crippen LogP contribution < -0.4 is 15.0 Å². The van der Waals surface area contributed by atoms with Gasteiger partial charge in [0.15, 0.2) is 0 Å². The van der Waals surface area contributed by atoms with Crippen LogP contribution in [0, 0.1) is 17.8 Å². The number of aliphatic hydroxyl groups is 1. The summed E-state index contributed by atoms with van der Waals surface area (Å²) in [7, 11) is 3.06. The molecule has 0 saturated carbocycles. The molecule has 0 radical (unpaired) electrons. The monoisotopic (exact) mass is 731 g/mol. The third-order valence-electron chi connectivity index (χ3n) is 11.1. The number of amides is 3. The molecule has 2 aromatic carbocycles. The fourth-order valence-electron chi connectivity index (χ4n) is 8.30. The fraction of sp³-hybridized carbons (Fsp3) is 0.512. The summed E-state index contributed by atoms with van der Waals surface area (Å²) >= 11 is 0. The van der Waals surface area contributed by atoms with E-state index >= 15 is 0 Å². The second-order valence-corrected chi connectivity index (χ2v) is 14.1. The molecule has 3 aliphatic heterocycles. The first-order chi connectivity index (χ1) is 25.6. The van der Waals surface area contributed by atoms with Crippen molar-refractivity contribution in [3.8, 4) is 5.75 Å². The van der Waals surface area contributed by atoms with Crippen molar-refractivity contribution in [2.45, 2.75) is 81.9 Å². The summed E-state index contributed by atoms with van der Waals surface area (Å²) in [6.45, 7) is 11.3. The highest BCUT2D eigenvalue weighted by atomic mass is 16.6. The van der Waals surface area contributed by atoms with E-state index < -0.39 is 65.6 Å². The lowest BCUT2D eigenvalue weighted by atomic mass is 9.70. The largest absolute Gasteiger partial charge is 0.497 e. The molecule has 3 heterocycles. The Bertz CT molecular complexity index is 1620. The smallest absolute Gasteiger partial charge is 0.313 e. The van der Waals surface area contributed by atoms with E-state index in [1.165, 1.54) is 12.0 Å². The predicted molar refractivity (Wildman–Crippen MR) is 199 cm³/mol. The minimum absolute atomic E-state index is 0.0471. The number of likely N-dealkylation sites (tertiary alicyclic amines) is 1. The van der Waals surface area contributed by atoms with Crippen molar-refractivity contribution in [3.63, 3.8) is 0 Å². The summed E-state index contributed by atoms with van der Waals surface area (Å²) in [5.74, 6) is -3.38. The number of esters is 1. The zero-order valence-corrected chi connectivity index (χ0v) is 31.1. The van der Waals surface area contributed by atoms with Crippen LogP contribution in [0.1, 0.15) is 57.6 Å². The number of ether oxygens (including phenoxy) is 4. The number of anilines is 1. The number of rotatable bonds is 19. The number of carbonyl (C=O) groups is 4. The molecule has 3 fully saturated rings. The SMILES string of the molecule is C=CCCC(=O)N[C@H](COC)[C@H](OC(=O)[C@@H]1[C@@H]2CC[C@]3(O2)[C@H](C(=O)N(CC=C)c2ccc(OC)cc2)N([C@@H](CO)[C@@H](C)CC)C(=O)[C@@H]13)c1ccccc1. The summed E-state index contributed by atoms with van der Waals surface area (Å²) in [6.07, 6.45) is 3.72. The van der Waals surface area contributed by atoms with E-state index in [1.807, 2.05) is 32.0 Å². The normalized spacial score (nSPS) is 25.2. The third kappa shape index (κ3) is 7.76. The highest BCUT2D eigenvalue weighted by Crippen LogP contribution is 2.59. The lowest BCUT2D eigenvalue weighted by Gasteiger charge is -2.40. The van der Waals surface area contributed by atoms with Crippen molar-refractivity contribution in [1.82, 2.24) is 10.2 Å². The molecular weight excluding hydrogens is 678 g/mol. The maximum atomic E-state index is 15.0. The highest BCUT2D eigenvalue weighted by molar-refractivity contribution is 6.05. The first kappa shape index (κ1) is 39.7. The van der Waals surface area contributed by atoms with E-state index in [4.69, 9.17) is 18.9 Å². The molecule has 12 heteroatoms. The molecule has 0 aromatic heterocycles.